The van der Waals surface area contributed by atoms with E-state index in [4.69, 9.17) is 0 Å². The van der Waals surface area contributed by atoms with Gasteiger partial charge in [0.05, 0.1) is 0 Å². The molecule has 3 N–H and O–H groups in total. The van der Waals surface area contributed by atoms with Crippen LogP contribution in [-0.4, -0.2) is 17.7 Å². The summed E-state index contributed by atoms with van der Waals surface area (Å²) in [7, 11) is 0. The highest BCUT2D eigenvalue weighted by Gasteiger charge is 2.10. The summed E-state index contributed by atoms with van der Waals surface area (Å²) in [4.78, 5) is 35.4. The summed E-state index contributed by atoms with van der Waals surface area (Å²) in [5.41, 5.74) is 5.95. The third-order valence-corrected chi connectivity index (χ3v) is 3.65. The SMILES string of the molecule is CCC(=O)Nc1cccc(C(=O)NNC(=O)c2ccc(Br)cc2)c1. The molecule has 0 saturated heterocycles. The van der Waals surface area contributed by atoms with Crippen LogP contribution in [0.2, 0.25) is 0 Å². The predicted molar refractivity (Wildman–Crippen MR) is 94.4 cm³/mol. The Morgan fingerprint density at radius 1 is 0.917 bits per heavy atom. The molecule has 0 saturated carbocycles. The van der Waals surface area contributed by atoms with Crippen molar-refractivity contribution in [2.75, 3.05) is 5.32 Å². The molecule has 0 atom stereocenters. The van der Waals surface area contributed by atoms with Crippen molar-refractivity contribution in [3.05, 3.63) is 64.1 Å². The van der Waals surface area contributed by atoms with Crippen molar-refractivity contribution < 1.29 is 14.4 Å². The van der Waals surface area contributed by atoms with Gasteiger partial charge in [0.2, 0.25) is 5.91 Å². The zero-order chi connectivity index (χ0) is 17.5. The molecule has 0 aliphatic rings. The fourth-order valence-electron chi connectivity index (χ4n) is 1.85. The molecule has 3 amide bonds. The van der Waals surface area contributed by atoms with E-state index in [9.17, 15) is 14.4 Å². The van der Waals surface area contributed by atoms with Crippen molar-refractivity contribution in [2.45, 2.75) is 13.3 Å². The van der Waals surface area contributed by atoms with E-state index >= 15 is 0 Å². The largest absolute Gasteiger partial charge is 0.326 e. The standard InChI is InChI=1S/C17H16BrN3O3/c1-2-15(22)19-14-5-3-4-12(10-14)17(24)21-20-16(23)11-6-8-13(18)9-7-11/h3-10H,2H2,1H3,(H,19,22)(H,20,23)(H,21,24). The molecule has 0 radical (unpaired) electrons. The maximum absolute atomic E-state index is 12.1. The number of amides is 3. The van der Waals surface area contributed by atoms with Gasteiger partial charge in [-0.25, -0.2) is 0 Å². The Labute approximate surface area is 147 Å². The van der Waals surface area contributed by atoms with Crippen LogP contribution in [-0.2, 0) is 4.79 Å². The van der Waals surface area contributed by atoms with Gasteiger partial charge in [0.15, 0.2) is 0 Å². The van der Waals surface area contributed by atoms with E-state index in [2.05, 4.69) is 32.1 Å². The first kappa shape index (κ1) is 17.7. The molecule has 24 heavy (non-hydrogen) atoms. The van der Waals surface area contributed by atoms with E-state index in [1.54, 1.807) is 49.4 Å². The maximum atomic E-state index is 12.1. The third kappa shape index (κ3) is 4.92. The van der Waals surface area contributed by atoms with E-state index in [0.717, 1.165) is 4.47 Å². The van der Waals surface area contributed by atoms with E-state index in [-0.39, 0.29) is 5.91 Å². The number of hydrogen-bond donors (Lipinski definition) is 3. The first-order valence-electron chi connectivity index (χ1n) is 7.25. The van der Waals surface area contributed by atoms with Crippen LogP contribution in [0.25, 0.3) is 0 Å². The zero-order valence-electron chi connectivity index (χ0n) is 12.9. The van der Waals surface area contributed by atoms with Crippen LogP contribution in [0.4, 0.5) is 5.69 Å². The second kappa shape index (κ2) is 8.26. The molecule has 7 heteroatoms. The molecule has 0 fully saturated rings. The van der Waals surface area contributed by atoms with Crippen molar-refractivity contribution in [1.29, 1.82) is 0 Å². The normalized spacial score (nSPS) is 9.92. The number of carbonyl (C=O) groups excluding carboxylic acids is 3. The first-order chi connectivity index (χ1) is 11.5. The average molecular weight is 390 g/mol. The van der Waals surface area contributed by atoms with Crippen LogP contribution in [0.5, 0.6) is 0 Å². The molecule has 0 unspecified atom stereocenters. The Balaban J connectivity index is 1.97. The second-order valence-electron chi connectivity index (χ2n) is 4.90. The van der Waals surface area contributed by atoms with Crippen molar-refractivity contribution in [2.24, 2.45) is 0 Å². The molecule has 0 aromatic heterocycles. The number of carbonyl (C=O) groups is 3. The van der Waals surface area contributed by atoms with Crippen LogP contribution in [0, 0.1) is 0 Å². The van der Waals surface area contributed by atoms with E-state index in [1.165, 1.54) is 6.07 Å². The molecular formula is C17H16BrN3O3. The number of nitrogens with one attached hydrogen (secondary N) is 3. The fraction of sp³-hybridized carbons (Fsp3) is 0.118. The van der Waals surface area contributed by atoms with Gasteiger partial charge in [0, 0.05) is 27.7 Å². The highest BCUT2D eigenvalue weighted by atomic mass is 79.9. The molecule has 6 nitrogen and oxygen atoms in total. The molecule has 0 heterocycles. The van der Waals surface area contributed by atoms with Crippen LogP contribution >= 0.6 is 15.9 Å². The molecule has 0 spiro atoms. The Morgan fingerprint density at radius 2 is 1.54 bits per heavy atom. The Morgan fingerprint density at radius 3 is 2.17 bits per heavy atom. The summed E-state index contributed by atoms with van der Waals surface area (Å²) in [5.74, 6) is -1.05. The summed E-state index contributed by atoms with van der Waals surface area (Å²) < 4.78 is 0.856. The lowest BCUT2D eigenvalue weighted by Gasteiger charge is -2.09. The van der Waals surface area contributed by atoms with Crippen LogP contribution < -0.4 is 16.2 Å². The van der Waals surface area contributed by atoms with Crippen molar-refractivity contribution in [3.8, 4) is 0 Å². The number of hydrogen-bond acceptors (Lipinski definition) is 3. The fourth-order valence-corrected chi connectivity index (χ4v) is 2.11. The van der Waals surface area contributed by atoms with E-state index in [1.807, 2.05) is 0 Å². The Hall–Kier alpha value is -2.67. The van der Waals surface area contributed by atoms with Crippen molar-refractivity contribution in [3.63, 3.8) is 0 Å². The second-order valence-corrected chi connectivity index (χ2v) is 5.81. The van der Waals surface area contributed by atoms with Gasteiger partial charge in [-0.05, 0) is 42.5 Å². The minimum atomic E-state index is -0.479. The monoisotopic (exact) mass is 389 g/mol. The highest BCUT2D eigenvalue weighted by Crippen LogP contribution is 2.11. The summed E-state index contributed by atoms with van der Waals surface area (Å²) in [6.07, 6.45) is 0.347. The smallest absolute Gasteiger partial charge is 0.269 e. The molecule has 0 aliphatic carbocycles. The number of rotatable bonds is 4. The minimum Gasteiger partial charge on any atom is -0.326 e. The van der Waals surface area contributed by atoms with Crippen LogP contribution in [0.1, 0.15) is 34.1 Å². The van der Waals surface area contributed by atoms with Gasteiger partial charge < -0.3 is 5.32 Å². The lowest BCUT2D eigenvalue weighted by molar-refractivity contribution is -0.115. The topological polar surface area (TPSA) is 87.3 Å². The summed E-state index contributed by atoms with van der Waals surface area (Å²) in [6.45, 7) is 1.74. The maximum Gasteiger partial charge on any atom is 0.269 e. The lowest BCUT2D eigenvalue weighted by Crippen LogP contribution is -2.41. The Bertz CT molecular complexity index is 760. The minimum absolute atomic E-state index is 0.143. The highest BCUT2D eigenvalue weighted by molar-refractivity contribution is 9.10. The van der Waals surface area contributed by atoms with Crippen molar-refractivity contribution >= 4 is 39.3 Å². The summed E-state index contributed by atoms with van der Waals surface area (Å²) >= 11 is 3.28. The van der Waals surface area contributed by atoms with Crippen molar-refractivity contribution in [1.82, 2.24) is 10.9 Å². The summed E-state index contributed by atoms with van der Waals surface area (Å²) in [5, 5.41) is 2.67. The third-order valence-electron chi connectivity index (χ3n) is 3.13. The molecule has 2 aromatic carbocycles. The lowest BCUT2D eigenvalue weighted by atomic mass is 10.2. The Kier molecular flexibility index (Phi) is 6.08. The predicted octanol–water partition coefficient (Wildman–Crippen LogP) is 2.87. The molecule has 124 valence electrons. The van der Waals surface area contributed by atoms with Gasteiger partial charge in [-0.15, -0.1) is 0 Å². The number of hydrazine groups is 1. The molecule has 0 aliphatic heterocycles. The van der Waals surface area contributed by atoms with Gasteiger partial charge in [0.25, 0.3) is 11.8 Å². The van der Waals surface area contributed by atoms with Gasteiger partial charge in [-0.1, -0.05) is 28.9 Å². The quantitative estimate of drug-likeness (QED) is 0.702. The van der Waals surface area contributed by atoms with Crippen LogP contribution in [0.3, 0.4) is 0 Å². The molecule has 0 bridgehead atoms. The average Bonchev–Trinajstić information content (AvgIpc) is 2.60. The number of halogens is 1. The van der Waals surface area contributed by atoms with Gasteiger partial charge in [-0.2, -0.15) is 0 Å². The van der Waals surface area contributed by atoms with E-state index < -0.39 is 11.8 Å². The van der Waals surface area contributed by atoms with Gasteiger partial charge in [-0.3, -0.25) is 25.2 Å². The van der Waals surface area contributed by atoms with Gasteiger partial charge in [0.1, 0.15) is 0 Å². The summed E-state index contributed by atoms with van der Waals surface area (Å²) in [6, 6.07) is 13.2. The van der Waals surface area contributed by atoms with E-state index in [0.29, 0.717) is 23.2 Å². The molecule has 2 aromatic rings. The number of anilines is 1. The number of benzene rings is 2. The van der Waals surface area contributed by atoms with Crippen LogP contribution in [0.15, 0.2) is 53.0 Å². The molecule has 2 rings (SSSR count). The van der Waals surface area contributed by atoms with Gasteiger partial charge >= 0.3 is 0 Å². The zero-order valence-corrected chi connectivity index (χ0v) is 14.5. The first-order valence-corrected chi connectivity index (χ1v) is 8.05. The molecular weight excluding hydrogens is 374 g/mol.